The number of benzene rings is 1. The number of rotatable bonds is 2. The number of halogens is 2. The molecule has 1 atom stereocenters. The third kappa shape index (κ3) is 1.98. The van der Waals surface area contributed by atoms with E-state index in [-0.39, 0.29) is 17.7 Å². The summed E-state index contributed by atoms with van der Waals surface area (Å²) in [7, 11) is 0. The molecule has 0 fully saturated rings. The Hall–Kier alpha value is -1.67. The first-order chi connectivity index (χ1) is 6.56. The predicted molar refractivity (Wildman–Crippen MR) is 47.9 cm³/mol. The number of nitrogen functional groups attached to an aromatic ring is 1. The van der Waals surface area contributed by atoms with Crippen LogP contribution in [0.4, 0.5) is 14.5 Å². The standard InChI is InChI=1S/C9H9F2N3/c10-6-3-5(8(13)1-2-12)9(14)4-7(6)11/h3-4,8H,1,13-14H2. The highest BCUT2D eigenvalue weighted by Crippen LogP contribution is 2.23. The van der Waals surface area contributed by atoms with Gasteiger partial charge in [0.1, 0.15) is 0 Å². The molecule has 0 aromatic heterocycles. The van der Waals surface area contributed by atoms with E-state index in [1.54, 1.807) is 0 Å². The van der Waals surface area contributed by atoms with E-state index in [0.717, 1.165) is 12.1 Å². The molecule has 0 bridgehead atoms. The molecular weight excluding hydrogens is 188 g/mol. The van der Waals surface area contributed by atoms with Gasteiger partial charge in [-0.25, -0.2) is 8.78 Å². The van der Waals surface area contributed by atoms with Crippen LogP contribution in [0.1, 0.15) is 18.0 Å². The first kappa shape index (κ1) is 10.4. The predicted octanol–water partition coefficient (Wildman–Crippen LogP) is 1.46. The van der Waals surface area contributed by atoms with Crippen molar-refractivity contribution < 1.29 is 8.78 Å². The normalized spacial score (nSPS) is 12.1. The summed E-state index contributed by atoms with van der Waals surface area (Å²) >= 11 is 0. The fourth-order valence-corrected chi connectivity index (χ4v) is 1.11. The van der Waals surface area contributed by atoms with Crippen molar-refractivity contribution in [1.29, 1.82) is 5.26 Å². The summed E-state index contributed by atoms with van der Waals surface area (Å²) in [5.74, 6) is -2.03. The Morgan fingerprint density at radius 2 is 1.93 bits per heavy atom. The van der Waals surface area contributed by atoms with Gasteiger partial charge in [0.25, 0.3) is 0 Å². The molecule has 0 aliphatic rings. The lowest BCUT2D eigenvalue weighted by molar-refractivity contribution is 0.506. The molecule has 0 aliphatic heterocycles. The molecule has 5 heteroatoms. The molecule has 0 spiro atoms. The average Bonchev–Trinajstić information content (AvgIpc) is 2.11. The molecule has 74 valence electrons. The number of nitrogens with two attached hydrogens (primary N) is 2. The molecule has 1 aromatic rings. The van der Waals surface area contributed by atoms with Crippen molar-refractivity contribution in [2.24, 2.45) is 5.73 Å². The Morgan fingerprint density at radius 3 is 2.50 bits per heavy atom. The molecule has 1 aromatic carbocycles. The molecule has 14 heavy (non-hydrogen) atoms. The van der Waals surface area contributed by atoms with Gasteiger partial charge in [0.05, 0.1) is 12.5 Å². The molecule has 1 unspecified atom stereocenters. The summed E-state index contributed by atoms with van der Waals surface area (Å²) in [5, 5.41) is 8.37. The maximum Gasteiger partial charge on any atom is 0.160 e. The van der Waals surface area contributed by atoms with Gasteiger partial charge in [-0.05, 0) is 11.6 Å². The maximum atomic E-state index is 12.8. The van der Waals surface area contributed by atoms with Crippen molar-refractivity contribution >= 4 is 5.69 Å². The molecule has 3 nitrogen and oxygen atoms in total. The fraction of sp³-hybridized carbons (Fsp3) is 0.222. The maximum absolute atomic E-state index is 12.8. The van der Waals surface area contributed by atoms with E-state index >= 15 is 0 Å². The molecule has 0 amide bonds. The molecule has 0 aliphatic carbocycles. The van der Waals surface area contributed by atoms with Crippen LogP contribution >= 0.6 is 0 Å². The largest absolute Gasteiger partial charge is 0.398 e. The Bertz CT molecular complexity index is 384. The molecular formula is C9H9F2N3. The number of nitriles is 1. The summed E-state index contributed by atoms with van der Waals surface area (Å²) in [6.45, 7) is 0. The molecule has 4 N–H and O–H groups in total. The smallest absolute Gasteiger partial charge is 0.160 e. The van der Waals surface area contributed by atoms with Gasteiger partial charge in [-0.2, -0.15) is 5.26 Å². The molecule has 0 radical (unpaired) electrons. The van der Waals surface area contributed by atoms with Crippen molar-refractivity contribution in [1.82, 2.24) is 0 Å². The zero-order valence-electron chi connectivity index (χ0n) is 7.30. The van der Waals surface area contributed by atoms with E-state index in [0.29, 0.717) is 0 Å². The van der Waals surface area contributed by atoms with Crippen LogP contribution in [-0.4, -0.2) is 0 Å². The second-order valence-electron chi connectivity index (χ2n) is 2.86. The number of anilines is 1. The highest BCUT2D eigenvalue weighted by molar-refractivity contribution is 5.49. The van der Waals surface area contributed by atoms with Crippen LogP contribution in [0, 0.1) is 23.0 Å². The van der Waals surface area contributed by atoms with Crippen LogP contribution in [0.15, 0.2) is 12.1 Å². The lowest BCUT2D eigenvalue weighted by Crippen LogP contribution is -2.12. The van der Waals surface area contributed by atoms with E-state index in [2.05, 4.69) is 0 Å². The topological polar surface area (TPSA) is 75.8 Å². The molecule has 0 heterocycles. The van der Waals surface area contributed by atoms with Gasteiger partial charge < -0.3 is 11.5 Å². The van der Waals surface area contributed by atoms with E-state index in [9.17, 15) is 8.78 Å². The van der Waals surface area contributed by atoms with Gasteiger partial charge in [0.15, 0.2) is 11.6 Å². The summed E-state index contributed by atoms with van der Waals surface area (Å²) < 4.78 is 25.4. The highest BCUT2D eigenvalue weighted by atomic mass is 19.2. The van der Waals surface area contributed by atoms with Crippen LogP contribution in [0.2, 0.25) is 0 Å². The van der Waals surface area contributed by atoms with Gasteiger partial charge in [-0.3, -0.25) is 0 Å². The summed E-state index contributed by atoms with van der Waals surface area (Å²) in [6.07, 6.45) is 0.00920. The van der Waals surface area contributed by atoms with Gasteiger partial charge in [-0.1, -0.05) is 0 Å². The molecule has 0 saturated heterocycles. The zero-order valence-corrected chi connectivity index (χ0v) is 7.30. The third-order valence-electron chi connectivity index (χ3n) is 1.84. The minimum Gasteiger partial charge on any atom is -0.398 e. The van der Waals surface area contributed by atoms with Gasteiger partial charge >= 0.3 is 0 Å². The lowest BCUT2D eigenvalue weighted by Gasteiger charge is -2.11. The van der Waals surface area contributed by atoms with Crippen molar-refractivity contribution in [3.8, 4) is 6.07 Å². The first-order valence-corrected chi connectivity index (χ1v) is 3.93. The van der Waals surface area contributed by atoms with Gasteiger partial charge in [0.2, 0.25) is 0 Å². The van der Waals surface area contributed by atoms with Gasteiger partial charge in [0, 0.05) is 17.8 Å². The zero-order chi connectivity index (χ0) is 10.7. The van der Waals surface area contributed by atoms with Crippen molar-refractivity contribution in [3.05, 3.63) is 29.3 Å². The van der Waals surface area contributed by atoms with Crippen molar-refractivity contribution in [2.45, 2.75) is 12.5 Å². The van der Waals surface area contributed by atoms with Crippen LogP contribution in [0.5, 0.6) is 0 Å². The Labute approximate surface area is 79.9 Å². The monoisotopic (exact) mass is 197 g/mol. The molecule has 1 rings (SSSR count). The minimum atomic E-state index is -1.02. The van der Waals surface area contributed by atoms with E-state index in [1.807, 2.05) is 6.07 Å². The summed E-state index contributed by atoms with van der Waals surface area (Å²) in [5.41, 5.74) is 11.3. The van der Waals surface area contributed by atoms with E-state index < -0.39 is 17.7 Å². The van der Waals surface area contributed by atoms with Gasteiger partial charge in [-0.15, -0.1) is 0 Å². The van der Waals surface area contributed by atoms with Crippen molar-refractivity contribution in [3.63, 3.8) is 0 Å². The van der Waals surface area contributed by atoms with Crippen molar-refractivity contribution in [2.75, 3.05) is 5.73 Å². The van der Waals surface area contributed by atoms with E-state index in [4.69, 9.17) is 16.7 Å². The van der Waals surface area contributed by atoms with Crippen LogP contribution < -0.4 is 11.5 Å². The summed E-state index contributed by atoms with van der Waals surface area (Å²) in [4.78, 5) is 0. The molecule has 0 saturated carbocycles. The Kier molecular flexibility index (Phi) is 2.99. The second kappa shape index (κ2) is 4.03. The fourth-order valence-electron chi connectivity index (χ4n) is 1.11. The van der Waals surface area contributed by atoms with Crippen LogP contribution in [0.25, 0.3) is 0 Å². The summed E-state index contributed by atoms with van der Waals surface area (Å²) in [6, 6.07) is 2.93. The minimum absolute atomic E-state index is 0.00920. The second-order valence-corrected chi connectivity index (χ2v) is 2.86. The van der Waals surface area contributed by atoms with Crippen LogP contribution in [-0.2, 0) is 0 Å². The number of hydrogen-bond acceptors (Lipinski definition) is 3. The lowest BCUT2D eigenvalue weighted by atomic mass is 10.0. The first-order valence-electron chi connectivity index (χ1n) is 3.93. The third-order valence-corrected chi connectivity index (χ3v) is 1.84. The quantitative estimate of drug-likeness (QED) is 0.704. The highest BCUT2D eigenvalue weighted by Gasteiger charge is 2.13. The Morgan fingerprint density at radius 1 is 1.36 bits per heavy atom. The number of hydrogen-bond donors (Lipinski definition) is 2. The van der Waals surface area contributed by atoms with Crippen LogP contribution in [0.3, 0.4) is 0 Å². The Balaban J connectivity index is 3.10. The number of nitrogens with zero attached hydrogens (tertiary/aromatic N) is 1. The average molecular weight is 197 g/mol. The SMILES string of the molecule is N#CCC(N)c1cc(F)c(F)cc1N. The van der Waals surface area contributed by atoms with E-state index in [1.165, 1.54) is 0 Å².